The summed E-state index contributed by atoms with van der Waals surface area (Å²) >= 11 is 0. The van der Waals surface area contributed by atoms with Crippen molar-refractivity contribution in [2.45, 2.75) is 31.8 Å². The normalized spacial score (nSPS) is 16.3. The van der Waals surface area contributed by atoms with E-state index < -0.39 is 11.2 Å². The monoisotopic (exact) mass is 408 g/mol. The number of hydrogen-bond donors (Lipinski definition) is 2. The molecule has 9 nitrogen and oxygen atoms in total. The lowest BCUT2D eigenvalue weighted by Crippen LogP contribution is -2.31. The SMILES string of the molecule is CC(NC(=O)c1cnc2c(c1)c(=O)[nH]c(=O)n2C1CC1)c1ccc2c(c1)OCCO2. The van der Waals surface area contributed by atoms with E-state index in [0.29, 0.717) is 30.4 Å². The van der Waals surface area contributed by atoms with E-state index in [0.717, 1.165) is 18.4 Å². The maximum Gasteiger partial charge on any atom is 0.330 e. The molecule has 0 saturated heterocycles. The predicted molar refractivity (Wildman–Crippen MR) is 108 cm³/mol. The van der Waals surface area contributed by atoms with Crippen LogP contribution in [0.3, 0.4) is 0 Å². The highest BCUT2D eigenvalue weighted by Gasteiger charge is 2.28. The van der Waals surface area contributed by atoms with E-state index in [2.05, 4.69) is 15.3 Å². The summed E-state index contributed by atoms with van der Waals surface area (Å²) in [6.45, 7) is 2.86. The van der Waals surface area contributed by atoms with Gasteiger partial charge in [0, 0.05) is 12.2 Å². The second kappa shape index (κ2) is 7.01. The number of benzene rings is 1. The first-order valence-corrected chi connectivity index (χ1v) is 9.86. The summed E-state index contributed by atoms with van der Waals surface area (Å²) in [7, 11) is 0. The summed E-state index contributed by atoms with van der Waals surface area (Å²) in [5.41, 5.74) is 0.406. The van der Waals surface area contributed by atoms with Gasteiger partial charge in [-0.1, -0.05) is 6.07 Å². The summed E-state index contributed by atoms with van der Waals surface area (Å²) in [5.74, 6) is 0.968. The molecule has 5 rings (SSSR count). The fourth-order valence-electron chi connectivity index (χ4n) is 3.63. The molecule has 1 aliphatic carbocycles. The summed E-state index contributed by atoms with van der Waals surface area (Å²) < 4.78 is 12.6. The number of nitrogens with zero attached hydrogens (tertiary/aromatic N) is 2. The molecule has 1 aromatic carbocycles. The molecule has 2 N–H and O–H groups in total. The van der Waals surface area contributed by atoms with Gasteiger partial charge in [0.05, 0.1) is 17.0 Å². The number of ether oxygens (including phenoxy) is 2. The Balaban J connectivity index is 1.42. The zero-order valence-electron chi connectivity index (χ0n) is 16.3. The molecule has 9 heteroatoms. The van der Waals surface area contributed by atoms with Crippen LogP contribution in [0.5, 0.6) is 11.5 Å². The molecule has 3 aromatic rings. The van der Waals surface area contributed by atoms with Gasteiger partial charge in [0.2, 0.25) is 0 Å². The topological polar surface area (TPSA) is 115 Å². The van der Waals surface area contributed by atoms with Gasteiger partial charge >= 0.3 is 5.69 Å². The van der Waals surface area contributed by atoms with Crippen molar-refractivity contribution in [1.82, 2.24) is 19.9 Å². The van der Waals surface area contributed by atoms with E-state index in [9.17, 15) is 14.4 Å². The predicted octanol–water partition coefficient (Wildman–Crippen LogP) is 1.68. The van der Waals surface area contributed by atoms with Crippen molar-refractivity contribution >= 4 is 16.9 Å². The number of pyridine rings is 1. The Morgan fingerprint density at radius 3 is 2.73 bits per heavy atom. The summed E-state index contributed by atoms with van der Waals surface area (Å²) in [4.78, 5) is 43.8. The van der Waals surface area contributed by atoms with E-state index >= 15 is 0 Å². The Morgan fingerprint density at radius 2 is 1.97 bits per heavy atom. The number of rotatable bonds is 4. The molecule has 30 heavy (non-hydrogen) atoms. The third-order valence-electron chi connectivity index (χ3n) is 5.37. The van der Waals surface area contributed by atoms with Gasteiger partial charge in [-0.2, -0.15) is 0 Å². The lowest BCUT2D eigenvalue weighted by molar-refractivity contribution is 0.0939. The van der Waals surface area contributed by atoms with Crippen LogP contribution in [0.1, 0.15) is 47.8 Å². The molecule has 154 valence electrons. The Bertz CT molecular complexity index is 1270. The minimum atomic E-state index is -0.547. The molecule has 0 radical (unpaired) electrons. The van der Waals surface area contributed by atoms with Crippen molar-refractivity contribution < 1.29 is 14.3 Å². The number of carbonyl (C=O) groups excluding carboxylic acids is 1. The van der Waals surface area contributed by atoms with Crippen molar-refractivity contribution in [3.63, 3.8) is 0 Å². The third-order valence-corrected chi connectivity index (χ3v) is 5.37. The highest BCUT2D eigenvalue weighted by atomic mass is 16.6. The fraction of sp³-hybridized carbons (Fsp3) is 0.333. The van der Waals surface area contributed by atoms with Crippen LogP contribution in [-0.2, 0) is 0 Å². The van der Waals surface area contributed by atoms with Crippen molar-refractivity contribution in [1.29, 1.82) is 0 Å². The molecule has 1 atom stereocenters. The number of hydrogen-bond acceptors (Lipinski definition) is 6. The first kappa shape index (κ1) is 18.4. The van der Waals surface area contributed by atoms with Gasteiger partial charge in [-0.25, -0.2) is 9.78 Å². The molecule has 0 spiro atoms. The zero-order valence-corrected chi connectivity index (χ0v) is 16.3. The zero-order chi connectivity index (χ0) is 20.8. The standard InChI is InChI=1S/C21H20N4O5/c1-11(12-2-5-16-17(9-12)30-7-6-29-16)23-19(26)13-8-15-18(22-10-13)25(14-3-4-14)21(28)24-20(15)27/h2,5,8-11,14H,3-4,6-7H2,1H3,(H,23,26)(H,24,27,28). The Morgan fingerprint density at radius 1 is 1.20 bits per heavy atom. The molecule has 3 heterocycles. The second-order valence-corrected chi connectivity index (χ2v) is 7.55. The Kier molecular flexibility index (Phi) is 4.30. The molecular formula is C21H20N4O5. The van der Waals surface area contributed by atoms with E-state index in [1.165, 1.54) is 16.8 Å². The van der Waals surface area contributed by atoms with Crippen molar-refractivity contribution in [3.05, 3.63) is 62.4 Å². The summed E-state index contributed by atoms with van der Waals surface area (Å²) in [6, 6.07) is 6.77. The van der Waals surface area contributed by atoms with Crippen LogP contribution in [0.4, 0.5) is 0 Å². The van der Waals surface area contributed by atoms with Crippen LogP contribution in [0.2, 0.25) is 0 Å². The van der Waals surface area contributed by atoms with Gasteiger partial charge in [0.1, 0.15) is 18.9 Å². The Hall–Kier alpha value is -3.62. The molecule has 1 unspecified atom stereocenters. The minimum Gasteiger partial charge on any atom is -0.486 e. The summed E-state index contributed by atoms with van der Waals surface area (Å²) in [6.07, 6.45) is 3.14. The van der Waals surface area contributed by atoms with E-state index in [-0.39, 0.29) is 28.9 Å². The summed E-state index contributed by atoms with van der Waals surface area (Å²) in [5, 5.41) is 3.13. The molecule has 1 saturated carbocycles. The number of H-pyrrole nitrogens is 1. The maximum absolute atomic E-state index is 12.8. The average molecular weight is 408 g/mol. The van der Waals surface area contributed by atoms with Crippen molar-refractivity contribution in [2.24, 2.45) is 0 Å². The van der Waals surface area contributed by atoms with Crippen molar-refractivity contribution in [2.75, 3.05) is 13.2 Å². The highest BCUT2D eigenvalue weighted by Crippen LogP contribution is 2.35. The number of fused-ring (bicyclic) bond motifs is 2. The molecule has 2 aliphatic rings. The van der Waals surface area contributed by atoms with E-state index in [1.807, 2.05) is 25.1 Å². The third kappa shape index (κ3) is 3.22. The fourth-order valence-corrected chi connectivity index (χ4v) is 3.63. The Labute approximate surface area is 170 Å². The highest BCUT2D eigenvalue weighted by molar-refractivity contribution is 5.97. The first-order valence-electron chi connectivity index (χ1n) is 9.86. The van der Waals surface area contributed by atoms with Gasteiger partial charge in [-0.3, -0.25) is 19.1 Å². The average Bonchev–Trinajstić information content (AvgIpc) is 3.58. The van der Waals surface area contributed by atoms with Crippen LogP contribution in [-0.4, -0.2) is 33.7 Å². The molecule has 1 aliphatic heterocycles. The van der Waals surface area contributed by atoms with Gasteiger partial charge in [-0.05, 0) is 43.5 Å². The molecule has 1 fully saturated rings. The van der Waals surface area contributed by atoms with E-state index in [1.54, 1.807) is 0 Å². The quantitative estimate of drug-likeness (QED) is 0.679. The minimum absolute atomic E-state index is 0.0549. The van der Waals surface area contributed by atoms with Gasteiger partial charge in [0.25, 0.3) is 11.5 Å². The molecular weight excluding hydrogens is 388 g/mol. The van der Waals surface area contributed by atoms with E-state index in [4.69, 9.17) is 9.47 Å². The lowest BCUT2D eigenvalue weighted by atomic mass is 10.1. The van der Waals surface area contributed by atoms with Gasteiger partial charge in [-0.15, -0.1) is 0 Å². The van der Waals surface area contributed by atoms with Crippen LogP contribution >= 0.6 is 0 Å². The van der Waals surface area contributed by atoms with Gasteiger partial charge < -0.3 is 14.8 Å². The number of nitrogens with one attached hydrogen (secondary N) is 2. The van der Waals surface area contributed by atoms with Crippen LogP contribution in [0, 0.1) is 0 Å². The largest absolute Gasteiger partial charge is 0.486 e. The second-order valence-electron chi connectivity index (χ2n) is 7.55. The maximum atomic E-state index is 12.8. The lowest BCUT2D eigenvalue weighted by Gasteiger charge is -2.21. The number of carbonyl (C=O) groups is 1. The number of aromatic amines is 1. The first-order chi connectivity index (χ1) is 14.5. The van der Waals surface area contributed by atoms with Gasteiger partial charge in [0.15, 0.2) is 11.5 Å². The van der Waals surface area contributed by atoms with Crippen molar-refractivity contribution in [3.8, 4) is 11.5 Å². The number of amides is 1. The van der Waals surface area contributed by atoms with Crippen LogP contribution < -0.4 is 26.0 Å². The smallest absolute Gasteiger partial charge is 0.330 e. The molecule has 0 bridgehead atoms. The molecule has 1 amide bonds. The number of aromatic nitrogens is 3. The molecule has 2 aromatic heterocycles. The van der Waals surface area contributed by atoms with Crippen LogP contribution in [0.15, 0.2) is 40.1 Å². The van der Waals surface area contributed by atoms with Crippen LogP contribution in [0.25, 0.3) is 11.0 Å².